The topological polar surface area (TPSA) is 70.1 Å². The van der Waals surface area contributed by atoms with Crippen molar-refractivity contribution in [3.05, 3.63) is 33.8 Å². The molecule has 26 heavy (non-hydrogen) atoms. The molecule has 1 spiro atoms. The lowest BCUT2D eigenvalue weighted by molar-refractivity contribution is -0.143. The molecule has 2 fully saturated rings. The summed E-state index contributed by atoms with van der Waals surface area (Å²) in [5, 5.41) is 10.2. The van der Waals surface area contributed by atoms with Crippen molar-refractivity contribution in [2.45, 2.75) is 38.0 Å². The lowest BCUT2D eigenvalue weighted by Gasteiger charge is -2.44. The third-order valence-corrected chi connectivity index (χ3v) is 5.85. The molecule has 2 heterocycles. The van der Waals surface area contributed by atoms with E-state index in [1.54, 1.807) is 12.1 Å². The number of rotatable bonds is 4. The highest BCUT2D eigenvalue weighted by atomic mass is 35.5. The van der Waals surface area contributed by atoms with E-state index in [1.807, 2.05) is 0 Å². The summed E-state index contributed by atoms with van der Waals surface area (Å²) in [7, 11) is 0. The van der Waals surface area contributed by atoms with Crippen molar-refractivity contribution in [2.75, 3.05) is 26.2 Å². The van der Waals surface area contributed by atoms with Crippen LogP contribution in [0.25, 0.3) is 0 Å². The first kappa shape index (κ1) is 19.4. The smallest absolute Gasteiger partial charge is 0.328 e. The Morgan fingerprint density at radius 2 is 1.96 bits per heavy atom. The van der Waals surface area contributed by atoms with E-state index in [9.17, 15) is 14.7 Å². The molecular weight excluding hydrogens is 379 g/mol. The van der Waals surface area contributed by atoms with Crippen LogP contribution in [0.5, 0.6) is 0 Å². The Hall–Kier alpha value is -1.34. The molecule has 0 radical (unpaired) electrons. The van der Waals surface area contributed by atoms with E-state index in [0.717, 1.165) is 26.1 Å². The molecule has 1 N–H and O–H groups in total. The number of amides is 1. The Kier molecular flexibility index (Phi) is 5.77. The number of hydrogen-bond acceptors (Lipinski definition) is 4. The first-order chi connectivity index (χ1) is 12.4. The van der Waals surface area contributed by atoms with Crippen LogP contribution in [0.4, 0.5) is 0 Å². The molecule has 142 valence electrons. The monoisotopic (exact) mass is 400 g/mol. The number of nitrogens with zero attached hydrogens (tertiary/aromatic N) is 2. The minimum atomic E-state index is -1.06. The van der Waals surface area contributed by atoms with Crippen molar-refractivity contribution < 1.29 is 19.4 Å². The second-order valence-electron chi connectivity index (χ2n) is 6.76. The summed E-state index contributed by atoms with van der Waals surface area (Å²) in [6.45, 7) is 4.64. The van der Waals surface area contributed by atoms with Gasteiger partial charge < -0.3 is 14.7 Å². The zero-order valence-corrected chi connectivity index (χ0v) is 16.1. The molecule has 0 aliphatic carbocycles. The number of carboxylic acids is 1. The van der Waals surface area contributed by atoms with Crippen LogP contribution in [0.15, 0.2) is 18.2 Å². The summed E-state index contributed by atoms with van der Waals surface area (Å²) in [6, 6.07) is 3.58. The number of piperidine rings is 1. The minimum Gasteiger partial charge on any atom is -0.480 e. The van der Waals surface area contributed by atoms with Crippen LogP contribution in [0.1, 0.15) is 36.5 Å². The molecule has 8 heteroatoms. The van der Waals surface area contributed by atoms with E-state index in [1.165, 1.54) is 11.0 Å². The molecule has 1 aromatic rings. The first-order valence-electron chi connectivity index (χ1n) is 8.76. The zero-order chi connectivity index (χ0) is 18.9. The minimum absolute atomic E-state index is 0.00380. The number of likely N-dealkylation sites (tertiary alicyclic amines) is 1. The standard InChI is InChI=1S/C18H22Cl2N2O4/c1-2-7-21-8-5-18(6-9-21)22(15(11-26-18)17(24)25)16(23)12-3-4-13(19)14(20)10-12/h3-4,10,15H,2,5-9,11H2,1H3,(H,24,25). The summed E-state index contributed by atoms with van der Waals surface area (Å²) in [6.07, 6.45) is 2.23. The summed E-state index contributed by atoms with van der Waals surface area (Å²) in [5.41, 5.74) is -0.567. The van der Waals surface area contributed by atoms with E-state index in [0.29, 0.717) is 23.4 Å². The largest absolute Gasteiger partial charge is 0.480 e. The molecule has 0 aromatic heterocycles. The van der Waals surface area contributed by atoms with E-state index < -0.39 is 23.6 Å². The number of halogens is 2. The van der Waals surface area contributed by atoms with Gasteiger partial charge in [-0.25, -0.2) is 4.79 Å². The second-order valence-corrected chi connectivity index (χ2v) is 7.57. The van der Waals surface area contributed by atoms with Crippen molar-refractivity contribution >= 4 is 35.1 Å². The quantitative estimate of drug-likeness (QED) is 0.840. The van der Waals surface area contributed by atoms with E-state index in [4.69, 9.17) is 27.9 Å². The lowest BCUT2D eigenvalue weighted by atomic mass is 9.96. The highest BCUT2D eigenvalue weighted by Crippen LogP contribution is 2.39. The maximum Gasteiger partial charge on any atom is 0.328 e. The summed E-state index contributed by atoms with van der Waals surface area (Å²) in [5.74, 6) is -1.45. The number of carbonyl (C=O) groups excluding carboxylic acids is 1. The first-order valence-corrected chi connectivity index (χ1v) is 9.51. The Labute approximate surface area is 162 Å². The van der Waals surface area contributed by atoms with Crippen molar-refractivity contribution in [3.8, 4) is 0 Å². The molecule has 2 aliphatic rings. The highest BCUT2D eigenvalue weighted by molar-refractivity contribution is 6.42. The van der Waals surface area contributed by atoms with Crippen LogP contribution in [-0.4, -0.2) is 64.8 Å². The van der Waals surface area contributed by atoms with Gasteiger partial charge in [0.05, 0.1) is 16.7 Å². The van der Waals surface area contributed by atoms with Crippen molar-refractivity contribution in [2.24, 2.45) is 0 Å². The number of hydrogen-bond donors (Lipinski definition) is 1. The predicted octanol–water partition coefficient (Wildman–Crippen LogP) is 3.12. The van der Waals surface area contributed by atoms with E-state index >= 15 is 0 Å². The molecule has 1 aromatic carbocycles. The van der Waals surface area contributed by atoms with Crippen LogP contribution in [-0.2, 0) is 9.53 Å². The Morgan fingerprint density at radius 3 is 2.54 bits per heavy atom. The fraction of sp³-hybridized carbons (Fsp3) is 0.556. The van der Waals surface area contributed by atoms with Crippen LogP contribution in [0, 0.1) is 0 Å². The normalized spacial score (nSPS) is 22.7. The Bertz CT molecular complexity index is 704. The molecule has 1 unspecified atom stereocenters. The second kappa shape index (κ2) is 7.72. The number of carboxylic acid groups (broad SMARTS) is 1. The predicted molar refractivity (Wildman–Crippen MR) is 98.7 cm³/mol. The van der Waals surface area contributed by atoms with Gasteiger partial charge in [0.1, 0.15) is 5.72 Å². The van der Waals surface area contributed by atoms with Crippen LogP contribution in [0.2, 0.25) is 10.0 Å². The summed E-state index contributed by atoms with van der Waals surface area (Å²) >= 11 is 12.0. The van der Waals surface area contributed by atoms with Crippen LogP contribution < -0.4 is 0 Å². The van der Waals surface area contributed by atoms with Gasteiger partial charge in [0.2, 0.25) is 0 Å². The average molecular weight is 401 g/mol. The van der Waals surface area contributed by atoms with Gasteiger partial charge in [0, 0.05) is 31.5 Å². The third-order valence-electron chi connectivity index (χ3n) is 5.11. The molecule has 0 saturated carbocycles. The molecule has 2 aliphatic heterocycles. The highest BCUT2D eigenvalue weighted by Gasteiger charge is 2.54. The summed E-state index contributed by atoms with van der Waals surface area (Å²) < 4.78 is 5.93. The van der Waals surface area contributed by atoms with E-state index in [2.05, 4.69) is 11.8 Å². The fourth-order valence-corrected chi connectivity index (χ4v) is 4.06. The van der Waals surface area contributed by atoms with Gasteiger partial charge >= 0.3 is 5.97 Å². The van der Waals surface area contributed by atoms with Crippen molar-refractivity contribution in [1.82, 2.24) is 9.80 Å². The fourth-order valence-electron chi connectivity index (χ4n) is 3.77. The van der Waals surface area contributed by atoms with Gasteiger partial charge in [-0.05, 0) is 31.2 Å². The van der Waals surface area contributed by atoms with Crippen LogP contribution >= 0.6 is 23.2 Å². The molecule has 0 bridgehead atoms. The number of ether oxygens (including phenoxy) is 1. The SMILES string of the molecule is CCCN1CCC2(CC1)OCC(C(=O)O)N2C(=O)c1ccc(Cl)c(Cl)c1. The van der Waals surface area contributed by atoms with Gasteiger partial charge in [-0.3, -0.25) is 9.69 Å². The maximum absolute atomic E-state index is 13.2. The van der Waals surface area contributed by atoms with E-state index in [-0.39, 0.29) is 11.6 Å². The summed E-state index contributed by atoms with van der Waals surface area (Å²) in [4.78, 5) is 28.6. The van der Waals surface area contributed by atoms with Gasteiger partial charge in [-0.1, -0.05) is 30.1 Å². The molecule has 2 saturated heterocycles. The Morgan fingerprint density at radius 1 is 1.27 bits per heavy atom. The van der Waals surface area contributed by atoms with Gasteiger partial charge in [-0.2, -0.15) is 0 Å². The van der Waals surface area contributed by atoms with Gasteiger partial charge in [0.15, 0.2) is 6.04 Å². The maximum atomic E-state index is 13.2. The zero-order valence-electron chi connectivity index (χ0n) is 14.6. The number of aliphatic carboxylic acids is 1. The van der Waals surface area contributed by atoms with Crippen molar-refractivity contribution in [3.63, 3.8) is 0 Å². The van der Waals surface area contributed by atoms with Gasteiger partial charge in [-0.15, -0.1) is 0 Å². The molecule has 3 rings (SSSR count). The van der Waals surface area contributed by atoms with Gasteiger partial charge in [0.25, 0.3) is 5.91 Å². The number of benzene rings is 1. The molecular formula is C18H22Cl2N2O4. The Balaban J connectivity index is 1.89. The molecule has 1 amide bonds. The van der Waals surface area contributed by atoms with Crippen LogP contribution in [0.3, 0.4) is 0 Å². The average Bonchev–Trinajstić information content (AvgIpc) is 2.98. The van der Waals surface area contributed by atoms with Crippen molar-refractivity contribution in [1.29, 1.82) is 0 Å². The molecule has 6 nitrogen and oxygen atoms in total. The third kappa shape index (κ3) is 3.56. The number of carbonyl (C=O) groups is 2. The lowest BCUT2D eigenvalue weighted by Crippen LogP contribution is -2.58. The molecule has 1 atom stereocenters.